The van der Waals surface area contributed by atoms with E-state index in [-0.39, 0.29) is 11.8 Å². The number of hydrogen-bond acceptors (Lipinski definition) is 4. The summed E-state index contributed by atoms with van der Waals surface area (Å²) in [6, 6.07) is 18.0. The van der Waals surface area contributed by atoms with Crippen LogP contribution in [-0.2, 0) is 13.0 Å². The second-order valence-electron chi connectivity index (χ2n) is 9.76. The number of rotatable bonds is 8. The number of aromatic nitrogens is 1. The van der Waals surface area contributed by atoms with E-state index < -0.39 is 0 Å². The van der Waals surface area contributed by atoms with E-state index in [1.54, 1.807) is 0 Å². The van der Waals surface area contributed by atoms with E-state index in [1.165, 1.54) is 11.1 Å². The van der Waals surface area contributed by atoms with Crippen LogP contribution in [0.5, 0.6) is 5.75 Å². The molecule has 2 N–H and O–H groups in total. The van der Waals surface area contributed by atoms with E-state index in [9.17, 15) is 4.79 Å². The first-order chi connectivity index (χ1) is 18.4. The molecule has 1 aliphatic heterocycles. The zero-order valence-electron chi connectivity index (χ0n) is 22.8. The van der Waals surface area contributed by atoms with Crippen LogP contribution in [0.25, 0.3) is 0 Å². The van der Waals surface area contributed by atoms with Crippen molar-refractivity contribution < 1.29 is 9.53 Å². The average molecular weight is 531 g/mol. The van der Waals surface area contributed by atoms with Crippen molar-refractivity contribution >= 4 is 28.9 Å². The smallest absolute Gasteiger partial charge is 0.253 e. The SMILES string of the molecule is CCOc1ccccc1CNC(=O)c1ccc(C)nc1C1CCN(C(=S)Nc2c(C)cccc2CC)CC1. The van der Waals surface area contributed by atoms with Gasteiger partial charge in [-0.1, -0.05) is 43.3 Å². The molecule has 200 valence electrons. The van der Waals surface area contributed by atoms with Crippen molar-refractivity contribution in [1.29, 1.82) is 0 Å². The van der Waals surface area contributed by atoms with E-state index in [2.05, 4.69) is 47.6 Å². The molecule has 0 radical (unpaired) electrons. The standard InChI is InChI=1S/C31H38N4O2S/c1-5-23-12-9-10-21(3)28(23)34-31(38)35-18-16-24(17-19-35)29-26(15-14-22(4)33-29)30(36)32-20-25-11-7-8-13-27(25)37-6-2/h7-15,24H,5-6,16-20H2,1-4H3,(H,32,36)(H,34,38). The highest BCUT2D eigenvalue weighted by atomic mass is 32.1. The minimum atomic E-state index is -0.106. The molecule has 1 saturated heterocycles. The number of piperidine rings is 1. The molecule has 0 saturated carbocycles. The fraction of sp³-hybridized carbons (Fsp3) is 0.387. The van der Waals surface area contributed by atoms with Crippen molar-refractivity contribution in [2.45, 2.75) is 59.4 Å². The molecule has 0 atom stereocenters. The van der Waals surface area contributed by atoms with Crippen LogP contribution < -0.4 is 15.4 Å². The van der Waals surface area contributed by atoms with Crippen molar-refractivity contribution in [1.82, 2.24) is 15.2 Å². The normalized spacial score (nSPS) is 13.7. The number of carbonyl (C=O) groups is 1. The lowest BCUT2D eigenvalue weighted by molar-refractivity contribution is 0.0948. The van der Waals surface area contributed by atoms with Gasteiger partial charge in [0.05, 0.1) is 17.9 Å². The zero-order valence-corrected chi connectivity index (χ0v) is 23.7. The molecule has 6 nitrogen and oxygen atoms in total. The molecule has 4 rings (SSSR count). The lowest BCUT2D eigenvalue weighted by atomic mass is 9.90. The number of anilines is 1. The first-order valence-electron chi connectivity index (χ1n) is 13.5. The third-order valence-electron chi connectivity index (χ3n) is 7.16. The number of ether oxygens (including phenoxy) is 1. The Hall–Kier alpha value is -3.45. The number of hydrogen-bond donors (Lipinski definition) is 2. The molecule has 1 aliphatic rings. The summed E-state index contributed by atoms with van der Waals surface area (Å²) in [6.45, 7) is 10.8. The van der Waals surface area contributed by atoms with Gasteiger partial charge in [-0.15, -0.1) is 0 Å². The number of para-hydroxylation sites is 2. The molecule has 1 fully saturated rings. The maximum Gasteiger partial charge on any atom is 0.253 e. The number of benzene rings is 2. The van der Waals surface area contributed by atoms with Crippen LogP contribution in [0.2, 0.25) is 0 Å². The summed E-state index contributed by atoms with van der Waals surface area (Å²) < 4.78 is 5.71. The molecule has 7 heteroatoms. The highest BCUT2D eigenvalue weighted by Crippen LogP contribution is 2.30. The van der Waals surface area contributed by atoms with Crippen LogP contribution in [0.4, 0.5) is 5.69 Å². The molecule has 0 spiro atoms. The molecule has 1 aromatic heterocycles. The predicted molar refractivity (Wildman–Crippen MR) is 158 cm³/mol. The first-order valence-corrected chi connectivity index (χ1v) is 13.9. The van der Waals surface area contributed by atoms with Crippen molar-refractivity contribution in [3.05, 3.63) is 88.2 Å². The highest BCUT2D eigenvalue weighted by Gasteiger charge is 2.27. The molecule has 0 unspecified atom stereocenters. The van der Waals surface area contributed by atoms with Crippen molar-refractivity contribution in [2.75, 3.05) is 25.0 Å². The van der Waals surface area contributed by atoms with Gasteiger partial charge in [-0.2, -0.15) is 0 Å². The maximum atomic E-state index is 13.3. The fourth-order valence-corrected chi connectivity index (χ4v) is 5.33. The van der Waals surface area contributed by atoms with Crippen molar-refractivity contribution in [3.63, 3.8) is 0 Å². The number of thiocarbonyl (C=S) groups is 1. The summed E-state index contributed by atoms with van der Waals surface area (Å²) >= 11 is 5.80. The molecule has 2 heterocycles. The van der Waals surface area contributed by atoms with E-state index in [0.717, 1.165) is 65.9 Å². The van der Waals surface area contributed by atoms with Crippen molar-refractivity contribution in [2.24, 2.45) is 0 Å². The minimum Gasteiger partial charge on any atom is -0.494 e. The number of carbonyl (C=O) groups excluding carboxylic acids is 1. The predicted octanol–water partition coefficient (Wildman–Crippen LogP) is 6.17. The largest absolute Gasteiger partial charge is 0.494 e. The third kappa shape index (κ3) is 6.51. The lowest BCUT2D eigenvalue weighted by Crippen LogP contribution is -2.41. The molecule has 2 aromatic carbocycles. The Balaban J connectivity index is 1.42. The second-order valence-corrected chi connectivity index (χ2v) is 10.1. The summed E-state index contributed by atoms with van der Waals surface area (Å²) in [5.41, 5.74) is 6.99. The molecule has 38 heavy (non-hydrogen) atoms. The van der Waals surface area contributed by atoms with Crippen LogP contribution in [0.15, 0.2) is 54.6 Å². The fourth-order valence-electron chi connectivity index (χ4n) is 5.04. The van der Waals surface area contributed by atoms with Crippen LogP contribution in [0.3, 0.4) is 0 Å². The summed E-state index contributed by atoms with van der Waals surface area (Å²) in [4.78, 5) is 20.4. The number of likely N-dealkylation sites (tertiary alicyclic amines) is 1. The Morgan fingerprint density at radius 1 is 1.03 bits per heavy atom. The first kappa shape index (κ1) is 27.6. The van der Waals surface area contributed by atoms with Gasteiger partial charge in [-0.05, 0) is 81.6 Å². The van der Waals surface area contributed by atoms with E-state index >= 15 is 0 Å². The monoisotopic (exact) mass is 530 g/mol. The number of amides is 1. The van der Waals surface area contributed by atoms with Gasteiger partial charge >= 0.3 is 0 Å². The van der Waals surface area contributed by atoms with E-state index in [0.29, 0.717) is 18.7 Å². The molecular weight excluding hydrogens is 492 g/mol. The van der Waals surface area contributed by atoms with Crippen LogP contribution >= 0.6 is 12.2 Å². The Morgan fingerprint density at radius 2 is 1.76 bits per heavy atom. The summed E-state index contributed by atoms with van der Waals surface area (Å²) in [6.07, 6.45) is 2.73. The zero-order chi connectivity index (χ0) is 27.1. The van der Waals surface area contributed by atoms with Crippen LogP contribution in [-0.4, -0.2) is 40.6 Å². The minimum absolute atomic E-state index is 0.106. The number of nitrogens with zero attached hydrogens (tertiary/aromatic N) is 2. The van der Waals surface area contributed by atoms with Gasteiger partial charge in [0.1, 0.15) is 5.75 Å². The maximum absolute atomic E-state index is 13.3. The van der Waals surface area contributed by atoms with Gasteiger partial charge in [-0.25, -0.2) is 0 Å². The number of pyridine rings is 1. The van der Waals surface area contributed by atoms with Crippen LogP contribution in [0.1, 0.15) is 71.0 Å². The molecule has 0 aliphatic carbocycles. The Bertz CT molecular complexity index is 1280. The van der Waals surface area contributed by atoms with Crippen LogP contribution in [0, 0.1) is 13.8 Å². The second kappa shape index (κ2) is 12.9. The Kier molecular flexibility index (Phi) is 9.34. The summed E-state index contributed by atoms with van der Waals surface area (Å²) in [5, 5.41) is 7.35. The Labute approximate surface area is 231 Å². The Morgan fingerprint density at radius 3 is 2.50 bits per heavy atom. The van der Waals surface area contributed by atoms with Gasteiger partial charge in [0.2, 0.25) is 0 Å². The number of nitrogens with one attached hydrogen (secondary N) is 2. The number of aryl methyl sites for hydroxylation is 3. The van der Waals surface area contributed by atoms with Gasteiger partial charge in [0.15, 0.2) is 5.11 Å². The summed E-state index contributed by atoms with van der Waals surface area (Å²) in [7, 11) is 0. The summed E-state index contributed by atoms with van der Waals surface area (Å²) in [5.74, 6) is 0.895. The van der Waals surface area contributed by atoms with Gasteiger partial charge in [0, 0.05) is 42.5 Å². The highest BCUT2D eigenvalue weighted by molar-refractivity contribution is 7.80. The average Bonchev–Trinajstić information content (AvgIpc) is 2.93. The molecular formula is C31H38N4O2S. The van der Waals surface area contributed by atoms with Crippen molar-refractivity contribution in [3.8, 4) is 5.75 Å². The quantitative estimate of drug-likeness (QED) is 0.340. The van der Waals surface area contributed by atoms with Gasteiger partial charge in [0.25, 0.3) is 5.91 Å². The molecule has 0 bridgehead atoms. The molecule has 1 amide bonds. The van der Waals surface area contributed by atoms with E-state index in [4.69, 9.17) is 21.9 Å². The van der Waals surface area contributed by atoms with Gasteiger partial charge < -0.3 is 20.3 Å². The van der Waals surface area contributed by atoms with Gasteiger partial charge in [-0.3, -0.25) is 9.78 Å². The van der Waals surface area contributed by atoms with E-state index in [1.807, 2.05) is 50.2 Å². The molecule has 3 aromatic rings. The third-order valence-corrected chi connectivity index (χ3v) is 7.52. The lowest BCUT2D eigenvalue weighted by Gasteiger charge is -2.34. The topological polar surface area (TPSA) is 66.5 Å².